The Morgan fingerprint density at radius 1 is 1.39 bits per heavy atom. The highest BCUT2D eigenvalue weighted by molar-refractivity contribution is 5.91. The van der Waals surface area contributed by atoms with E-state index >= 15 is 0 Å². The molecule has 0 radical (unpaired) electrons. The number of fused-ring (bicyclic) bond motifs is 1. The lowest BCUT2D eigenvalue weighted by molar-refractivity contribution is -0.128. The summed E-state index contributed by atoms with van der Waals surface area (Å²) in [5.41, 5.74) is 1.98. The van der Waals surface area contributed by atoms with Crippen LogP contribution < -0.4 is 0 Å². The van der Waals surface area contributed by atoms with E-state index in [1.807, 2.05) is 44.3 Å². The van der Waals surface area contributed by atoms with Crippen LogP contribution >= 0.6 is 0 Å². The fraction of sp³-hybridized carbons (Fsp3) is 0.400. The molecule has 0 amide bonds. The molecular formula is C15H19NO2. The molecule has 3 nitrogen and oxygen atoms in total. The number of hydrogen-bond donors (Lipinski definition) is 2. The van der Waals surface area contributed by atoms with Crippen LogP contribution in [0.5, 0.6) is 0 Å². The zero-order valence-electron chi connectivity index (χ0n) is 10.8. The number of benzene rings is 1. The number of carbonyl (C=O) groups excluding carboxylic acids is 1. The number of aromatic amines is 1. The first-order valence-electron chi connectivity index (χ1n) is 6.39. The number of para-hydroxylation sites is 1. The molecule has 0 aliphatic carbocycles. The Labute approximate surface area is 107 Å². The van der Waals surface area contributed by atoms with E-state index in [2.05, 4.69) is 4.98 Å². The van der Waals surface area contributed by atoms with E-state index in [4.69, 9.17) is 0 Å². The van der Waals surface area contributed by atoms with E-state index in [0.29, 0.717) is 0 Å². The standard InChI is InChI=1S/C15H19NO2/c1-3-10(2)15(18)14(17)8-11-9-16-13-7-5-4-6-12(11)13/h4-7,9-10,15-16,18H,3,8H2,1-2H3. The van der Waals surface area contributed by atoms with Gasteiger partial charge in [-0.3, -0.25) is 4.79 Å². The summed E-state index contributed by atoms with van der Waals surface area (Å²) in [4.78, 5) is 15.1. The van der Waals surface area contributed by atoms with Crippen molar-refractivity contribution in [3.8, 4) is 0 Å². The zero-order chi connectivity index (χ0) is 13.1. The predicted octanol–water partition coefficient (Wildman–Crippen LogP) is 2.69. The van der Waals surface area contributed by atoms with Crippen molar-refractivity contribution in [1.82, 2.24) is 4.98 Å². The first kappa shape index (κ1) is 12.8. The fourth-order valence-electron chi connectivity index (χ4n) is 2.11. The van der Waals surface area contributed by atoms with Gasteiger partial charge in [0, 0.05) is 23.5 Å². The van der Waals surface area contributed by atoms with E-state index in [-0.39, 0.29) is 18.1 Å². The van der Waals surface area contributed by atoms with Gasteiger partial charge in [0.15, 0.2) is 5.78 Å². The van der Waals surface area contributed by atoms with E-state index < -0.39 is 6.10 Å². The Kier molecular flexibility index (Phi) is 3.82. The van der Waals surface area contributed by atoms with Gasteiger partial charge in [-0.2, -0.15) is 0 Å². The monoisotopic (exact) mass is 245 g/mol. The Morgan fingerprint density at radius 2 is 2.11 bits per heavy atom. The minimum atomic E-state index is -0.858. The summed E-state index contributed by atoms with van der Waals surface area (Å²) >= 11 is 0. The lowest BCUT2D eigenvalue weighted by atomic mass is 9.95. The summed E-state index contributed by atoms with van der Waals surface area (Å²) in [5.74, 6) is -0.0863. The van der Waals surface area contributed by atoms with Crippen molar-refractivity contribution in [3.05, 3.63) is 36.0 Å². The van der Waals surface area contributed by atoms with Gasteiger partial charge in [-0.1, -0.05) is 38.5 Å². The summed E-state index contributed by atoms with van der Waals surface area (Å²) in [7, 11) is 0. The highest BCUT2D eigenvalue weighted by atomic mass is 16.3. The Morgan fingerprint density at radius 3 is 2.83 bits per heavy atom. The molecule has 3 heteroatoms. The second kappa shape index (κ2) is 5.36. The number of Topliss-reactive ketones (excluding diaryl/α,β-unsaturated/α-hetero) is 1. The van der Waals surface area contributed by atoms with E-state index in [9.17, 15) is 9.90 Å². The minimum absolute atomic E-state index is 0.0164. The molecule has 0 bridgehead atoms. The second-order valence-corrected chi connectivity index (χ2v) is 4.83. The third kappa shape index (κ3) is 2.46. The SMILES string of the molecule is CCC(C)C(O)C(=O)Cc1c[nH]c2ccccc12. The highest BCUT2D eigenvalue weighted by Crippen LogP contribution is 2.19. The molecule has 0 spiro atoms. The third-order valence-electron chi connectivity index (χ3n) is 3.55. The lowest BCUT2D eigenvalue weighted by Gasteiger charge is -2.15. The number of nitrogens with one attached hydrogen (secondary N) is 1. The van der Waals surface area contributed by atoms with Gasteiger partial charge in [0.25, 0.3) is 0 Å². The molecule has 0 aliphatic rings. The third-order valence-corrected chi connectivity index (χ3v) is 3.55. The number of ketones is 1. The topological polar surface area (TPSA) is 53.1 Å². The van der Waals surface area contributed by atoms with Gasteiger partial charge in [-0.05, 0) is 17.5 Å². The van der Waals surface area contributed by atoms with Crippen LogP contribution in [-0.4, -0.2) is 22.0 Å². The van der Waals surface area contributed by atoms with Crippen LogP contribution in [0.4, 0.5) is 0 Å². The zero-order valence-corrected chi connectivity index (χ0v) is 10.8. The molecular weight excluding hydrogens is 226 g/mol. The number of aliphatic hydroxyl groups excluding tert-OH is 1. The number of aromatic nitrogens is 1. The summed E-state index contributed by atoms with van der Waals surface area (Å²) in [6.07, 6.45) is 2.09. The maximum Gasteiger partial charge on any atom is 0.165 e. The van der Waals surface area contributed by atoms with Crippen molar-refractivity contribution in [1.29, 1.82) is 0 Å². The molecule has 0 fully saturated rings. The number of hydrogen-bond acceptors (Lipinski definition) is 2. The number of aliphatic hydroxyl groups is 1. The molecule has 0 saturated heterocycles. The first-order valence-corrected chi connectivity index (χ1v) is 6.39. The van der Waals surface area contributed by atoms with Crippen LogP contribution in [0.1, 0.15) is 25.8 Å². The average molecular weight is 245 g/mol. The number of rotatable bonds is 5. The largest absolute Gasteiger partial charge is 0.385 e. The van der Waals surface area contributed by atoms with Crippen molar-refractivity contribution >= 4 is 16.7 Å². The Hall–Kier alpha value is -1.61. The predicted molar refractivity (Wildman–Crippen MR) is 72.5 cm³/mol. The maximum atomic E-state index is 12.0. The van der Waals surface area contributed by atoms with E-state index in [1.165, 1.54) is 0 Å². The van der Waals surface area contributed by atoms with Crippen LogP contribution in [0.15, 0.2) is 30.5 Å². The van der Waals surface area contributed by atoms with Crippen molar-refractivity contribution in [2.45, 2.75) is 32.8 Å². The fourth-order valence-corrected chi connectivity index (χ4v) is 2.11. The van der Waals surface area contributed by atoms with Gasteiger partial charge in [0.1, 0.15) is 6.10 Å². The van der Waals surface area contributed by atoms with Gasteiger partial charge in [-0.25, -0.2) is 0 Å². The van der Waals surface area contributed by atoms with Gasteiger partial charge >= 0.3 is 0 Å². The maximum absolute atomic E-state index is 12.0. The van der Waals surface area contributed by atoms with Crippen molar-refractivity contribution < 1.29 is 9.90 Å². The quantitative estimate of drug-likeness (QED) is 0.851. The molecule has 2 N–H and O–H groups in total. The van der Waals surface area contributed by atoms with Crippen LogP contribution in [0.2, 0.25) is 0 Å². The normalized spacial score (nSPS) is 14.6. The molecule has 1 heterocycles. The Bertz CT molecular complexity index is 544. The number of carbonyl (C=O) groups is 1. The van der Waals surface area contributed by atoms with E-state index in [1.54, 1.807) is 0 Å². The van der Waals surface area contributed by atoms with Gasteiger partial charge in [-0.15, -0.1) is 0 Å². The van der Waals surface area contributed by atoms with Crippen LogP contribution in [0.25, 0.3) is 10.9 Å². The summed E-state index contributed by atoms with van der Waals surface area (Å²) in [6.45, 7) is 3.88. The first-order chi connectivity index (χ1) is 8.63. The molecule has 96 valence electrons. The molecule has 2 aromatic rings. The summed E-state index contributed by atoms with van der Waals surface area (Å²) in [6, 6.07) is 7.88. The Balaban J connectivity index is 2.16. The molecule has 2 atom stereocenters. The average Bonchev–Trinajstić information content (AvgIpc) is 2.80. The van der Waals surface area contributed by atoms with Crippen molar-refractivity contribution in [3.63, 3.8) is 0 Å². The van der Waals surface area contributed by atoms with Crippen molar-refractivity contribution in [2.24, 2.45) is 5.92 Å². The van der Waals surface area contributed by atoms with Crippen molar-refractivity contribution in [2.75, 3.05) is 0 Å². The van der Waals surface area contributed by atoms with Gasteiger partial charge < -0.3 is 10.1 Å². The van der Waals surface area contributed by atoms with E-state index in [0.717, 1.165) is 22.9 Å². The van der Waals surface area contributed by atoms with Crippen LogP contribution in [0.3, 0.4) is 0 Å². The molecule has 2 rings (SSSR count). The molecule has 0 saturated carbocycles. The van der Waals surface area contributed by atoms with Crippen LogP contribution in [-0.2, 0) is 11.2 Å². The molecule has 0 aliphatic heterocycles. The lowest BCUT2D eigenvalue weighted by Crippen LogP contribution is -2.28. The van der Waals surface area contributed by atoms with Crippen LogP contribution in [0, 0.1) is 5.92 Å². The van der Waals surface area contributed by atoms with Gasteiger partial charge in [0.2, 0.25) is 0 Å². The summed E-state index contributed by atoms with van der Waals surface area (Å²) in [5, 5.41) is 11.0. The molecule has 2 unspecified atom stereocenters. The number of H-pyrrole nitrogens is 1. The highest BCUT2D eigenvalue weighted by Gasteiger charge is 2.21. The minimum Gasteiger partial charge on any atom is -0.385 e. The molecule has 1 aromatic carbocycles. The molecule has 18 heavy (non-hydrogen) atoms. The summed E-state index contributed by atoms with van der Waals surface area (Å²) < 4.78 is 0. The second-order valence-electron chi connectivity index (χ2n) is 4.83. The van der Waals surface area contributed by atoms with Gasteiger partial charge in [0.05, 0.1) is 0 Å². The molecule has 1 aromatic heterocycles. The smallest absolute Gasteiger partial charge is 0.165 e.